The van der Waals surface area contributed by atoms with Crippen LogP contribution in [0.15, 0.2) is 48.5 Å². The van der Waals surface area contributed by atoms with Gasteiger partial charge >= 0.3 is 11.9 Å². The molecule has 0 atom stereocenters. The molecule has 1 aliphatic carbocycles. The maximum absolute atomic E-state index is 12.3. The molecule has 124 valence electrons. The normalized spacial score (nSPS) is 14.2. The van der Waals surface area contributed by atoms with Gasteiger partial charge in [-0.05, 0) is 52.4 Å². The number of carboxylic acid groups (broad SMARTS) is 2. The number of fused-ring (bicyclic) bond motifs is 5. The Labute approximate surface area is 144 Å². The lowest BCUT2D eigenvalue weighted by Crippen LogP contribution is -2.43. The van der Waals surface area contributed by atoms with Crippen LogP contribution in [-0.4, -0.2) is 22.2 Å². The molecule has 0 unspecified atom stereocenters. The van der Waals surface area contributed by atoms with Crippen molar-refractivity contribution in [1.82, 2.24) is 0 Å². The van der Waals surface area contributed by atoms with Gasteiger partial charge in [-0.25, -0.2) is 0 Å². The first-order valence-corrected chi connectivity index (χ1v) is 8.00. The van der Waals surface area contributed by atoms with Gasteiger partial charge in [0.15, 0.2) is 0 Å². The van der Waals surface area contributed by atoms with Crippen LogP contribution >= 0.6 is 0 Å². The highest BCUT2D eigenvalue weighted by molar-refractivity contribution is 6.18. The zero-order chi connectivity index (χ0) is 17.9. The van der Waals surface area contributed by atoms with Crippen LogP contribution in [0.5, 0.6) is 0 Å². The molecule has 4 nitrogen and oxygen atoms in total. The van der Waals surface area contributed by atoms with Crippen LogP contribution in [0.1, 0.15) is 22.3 Å². The lowest BCUT2D eigenvalue weighted by molar-refractivity contribution is -0.154. The van der Waals surface area contributed by atoms with E-state index in [0.717, 1.165) is 21.9 Å². The minimum absolute atomic E-state index is 0.332. The molecule has 0 saturated carbocycles. The van der Waals surface area contributed by atoms with E-state index >= 15 is 0 Å². The summed E-state index contributed by atoms with van der Waals surface area (Å²) in [5.41, 5.74) is 1.68. The number of rotatable bonds is 2. The molecule has 0 bridgehead atoms. The van der Waals surface area contributed by atoms with Crippen molar-refractivity contribution in [2.75, 3.05) is 0 Å². The highest BCUT2D eigenvalue weighted by atomic mass is 16.4. The average molecular weight is 332 g/mol. The van der Waals surface area contributed by atoms with Crippen molar-refractivity contribution in [2.45, 2.75) is 19.3 Å². The van der Waals surface area contributed by atoms with Gasteiger partial charge in [-0.3, -0.25) is 9.59 Å². The number of hydrogen-bond acceptors (Lipinski definition) is 2. The Bertz CT molecular complexity index is 1060. The van der Waals surface area contributed by atoms with E-state index in [9.17, 15) is 19.8 Å². The number of aliphatic carboxylic acids is 2. The van der Waals surface area contributed by atoms with E-state index in [1.807, 2.05) is 50.2 Å². The maximum atomic E-state index is 12.3. The van der Waals surface area contributed by atoms with Gasteiger partial charge in [0.25, 0.3) is 0 Å². The Hall–Kier alpha value is -3.14. The number of carbonyl (C=O) groups is 2. The summed E-state index contributed by atoms with van der Waals surface area (Å²) in [7, 11) is 0. The summed E-state index contributed by atoms with van der Waals surface area (Å²) in [5, 5.41) is 21.9. The van der Waals surface area contributed by atoms with E-state index in [0.29, 0.717) is 22.3 Å². The van der Waals surface area contributed by atoms with Crippen LogP contribution in [0.3, 0.4) is 0 Å². The van der Waals surface area contributed by atoms with Crippen molar-refractivity contribution in [1.29, 1.82) is 0 Å². The van der Waals surface area contributed by atoms with Gasteiger partial charge in [-0.15, -0.1) is 0 Å². The third kappa shape index (κ3) is 1.76. The van der Waals surface area contributed by atoms with E-state index in [1.54, 1.807) is 12.1 Å². The number of carboxylic acids is 2. The van der Waals surface area contributed by atoms with E-state index in [1.165, 1.54) is 0 Å². The summed E-state index contributed by atoms with van der Waals surface area (Å²) in [6.45, 7) is 3.71. The van der Waals surface area contributed by atoms with Crippen molar-refractivity contribution in [3.8, 4) is 11.1 Å². The van der Waals surface area contributed by atoms with Gasteiger partial charge in [0.1, 0.15) is 0 Å². The standard InChI is InChI=1S/C21H16O4/c1-11-7-8-15-16(9-11)21(19(22)23,20(24)25)17-10-12(2)13-5-3-4-6-14(13)18(15)17/h3-10H,1-2H3,(H,22,23)(H,24,25). The van der Waals surface area contributed by atoms with Gasteiger partial charge in [0.2, 0.25) is 5.41 Å². The number of aryl methyl sites for hydroxylation is 2. The van der Waals surface area contributed by atoms with Crippen LogP contribution < -0.4 is 0 Å². The molecular formula is C21H16O4. The SMILES string of the molecule is Cc1ccc2c(c1)C(C(=O)O)(C(=O)O)c1cc(C)c3ccccc3c1-2. The topological polar surface area (TPSA) is 74.6 Å². The summed E-state index contributed by atoms with van der Waals surface area (Å²) < 4.78 is 0. The molecule has 0 aromatic heterocycles. The first-order chi connectivity index (χ1) is 11.9. The van der Waals surface area contributed by atoms with Crippen LogP contribution in [0.25, 0.3) is 21.9 Å². The molecule has 0 fully saturated rings. The van der Waals surface area contributed by atoms with E-state index < -0.39 is 17.4 Å². The molecular weight excluding hydrogens is 316 g/mol. The Balaban J connectivity index is 2.29. The fraction of sp³-hybridized carbons (Fsp3) is 0.143. The molecule has 2 N–H and O–H groups in total. The molecule has 4 heteroatoms. The van der Waals surface area contributed by atoms with Crippen molar-refractivity contribution in [3.63, 3.8) is 0 Å². The van der Waals surface area contributed by atoms with Crippen LogP contribution in [-0.2, 0) is 15.0 Å². The molecule has 0 radical (unpaired) electrons. The fourth-order valence-electron chi connectivity index (χ4n) is 4.03. The second-order valence-corrected chi connectivity index (χ2v) is 6.57. The summed E-state index contributed by atoms with van der Waals surface area (Å²) in [5.74, 6) is -2.72. The molecule has 3 aromatic rings. The Morgan fingerprint density at radius 2 is 1.48 bits per heavy atom. The Morgan fingerprint density at radius 1 is 0.840 bits per heavy atom. The monoisotopic (exact) mass is 332 g/mol. The fourth-order valence-corrected chi connectivity index (χ4v) is 4.03. The summed E-state index contributed by atoms with van der Waals surface area (Å²) in [6, 6.07) is 14.8. The molecule has 0 aliphatic heterocycles. The second-order valence-electron chi connectivity index (χ2n) is 6.57. The minimum atomic E-state index is -2.08. The predicted molar refractivity (Wildman–Crippen MR) is 94.9 cm³/mol. The molecule has 0 heterocycles. The quantitative estimate of drug-likeness (QED) is 0.698. The largest absolute Gasteiger partial charge is 0.480 e. The molecule has 25 heavy (non-hydrogen) atoms. The van der Waals surface area contributed by atoms with Gasteiger partial charge in [-0.1, -0.05) is 54.1 Å². The Morgan fingerprint density at radius 3 is 2.12 bits per heavy atom. The third-order valence-electron chi connectivity index (χ3n) is 5.15. The van der Waals surface area contributed by atoms with Crippen molar-refractivity contribution >= 4 is 22.7 Å². The highest BCUT2D eigenvalue weighted by Crippen LogP contribution is 2.52. The first kappa shape index (κ1) is 15.4. The smallest absolute Gasteiger partial charge is 0.330 e. The predicted octanol–water partition coefficient (Wildman–Crippen LogP) is 3.89. The minimum Gasteiger partial charge on any atom is -0.480 e. The van der Waals surface area contributed by atoms with Gasteiger partial charge in [0.05, 0.1) is 0 Å². The lowest BCUT2D eigenvalue weighted by Gasteiger charge is -2.23. The molecule has 0 amide bonds. The summed E-state index contributed by atoms with van der Waals surface area (Å²) >= 11 is 0. The van der Waals surface area contributed by atoms with Crippen LogP contribution in [0.4, 0.5) is 0 Å². The Kier molecular flexibility index (Phi) is 3.03. The van der Waals surface area contributed by atoms with Crippen LogP contribution in [0.2, 0.25) is 0 Å². The lowest BCUT2D eigenvalue weighted by atomic mass is 9.77. The van der Waals surface area contributed by atoms with E-state index in [4.69, 9.17) is 0 Å². The molecule has 3 aromatic carbocycles. The molecule has 0 spiro atoms. The van der Waals surface area contributed by atoms with E-state index in [-0.39, 0.29) is 0 Å². The third-order valence-corrected chi connectivity index (χ3v) is 5.15. The summed E-state index contributed by atoms with van der Waals surface area (Å²) in [6.07, 6.45) is 0. The second kappa shape index (κ2) is 4.93. The highest BCUT2D eigenvalue weighted by Gasteiger charge is 2.56. The van der Waals surface area contributed by atoms with Crippen molar-refractivity contribution < 1.29 is 19.8 Å². The zero-order valence-electron chi connectivity index (χ0n) is 13.8. The van der Waals surface area contributed by atoms with Crippen LogP contribution in [0, 0.1) is 13.8 Å². The van der Waals surface area contributed by atoms with Gasteiger partial charge in [-0.2, -0.15) is 0 Å². The molecule has 0 saturated heterocycles. The zero-order valence-corrected chi connectivity index (χ0v) is 13.8. The number of hydrogen-bond donors (Lipinski definition) is 2. The summed E-state index contributed by atoms with van der Waals surface area (Å²) in [4.78, 5) is 24.5. The first-order valence-electron chi connectivity index (χ1n) is 8.00. The van der Waals surface area contributed by atoms with Crippen molar-refractivity contribution in [3.05, 3.63) is 70.8 Å². The van der Waals surface area contributed by atoms with E-state index in [2.05, 4.69) is 0 Å². The van der Waals surface area contributed by atoms with Crippen molar-refractivity contribution in [2.24, 2.45) is 0 Å². The van der Waals surface area contributed by atoms with Gasteiger partial charge in [0, 0.05) is 0 Å². The average Bonchev–Trinajstić information content (AvgIpc) is 2.85. The maximum Gasteiger partial charge on any atom is 0.330 e. The number of benzene rings is 3. The molecule has 4 rings (SSSR count). The van der Waals surface area contributed by atoms with Gasteiger partial charge < -0.3 is 10.2 Å². The molecule has 1 aliphatic rings.